The van der Waals surface area contributed by atoms with Gasteiger partial charge in [0.05, 0.1) is 0 Å². The number of aromatic nitrogens is 4. The largest absolute Gasteiger partial charge is 0.201 e. The molecule has 7 aromatic rings. The Labute approximate surface area is 285 Å². The summed E-state index contributed by atoms with van der Waals surface area (Å²) in [6.07, 6.45) is 17.4. The third kappa shape index (κ3) is 7.67. The highest BCUT2D eigenvalue weighted by Gasteiger charge is 2.11. The zero-order valence-corrected chi connectivity index (χ0v) is 27.8. The van der Waals surface area contributed by atoms with Crippen LogP contribution in [-0.2, 0) is 26.2 Å². The summed E-state index contributed by atoms with van der Waals surface area (Å²) in [6.45, 7) is 3.46. The minimum Gasteiger partial charge on any atom is -0.201 e. The number of hydrogen-bond acceptors (Lipinski definition) is 0. The van der Waals surface area contributed by atoms with Gasteiger partial charge in [0.1, 0.15) is 15.7 Å². The number of benzene rings is 3. The van der Waals surface area contributed by atoms with Crippen LogP contribution in [-0.4, -0.2) is 15.7 Å². The summed E-state index contributed by atoms with van der Waals surface area (Å²) in [5.74, 6) is 0. The van der Waals surface area contributed by atoms with Gasteiger partial charge in [0, 0.05) is 70.8 Å². The van der Waals surface area contributed by atoms with Crippen molar-refractivity contribution in [2.75, 3.05) is 0 Å². The van der Waals surface area contributed by atoms with Gasteiger partial charge in [0.25, 0.3) is 0 Å². The van der Waals surface area contributed by atoms with Gasteiger partial charge in [-0.1, -0.05) is 83.7 Å². The number of pyridine rings is 4. The van der Waals surface area contributed by atoms with Crippen molar-refractivity contribution in [3.63, 3.8) is 0 Å². The molecule has 0 saturated heterocycles. The summed E-state index contributed by atoms with van der Waals surface area (Å²) in [5, 5.41) is 0. The van der Waals surface area contributed by atoms with Crippen molar-refractivity contribution < 1.29 is 18.3 Å². The van der Waals surface area contributed by atoms with Gasteiger partial charge in [-0.3, -0.25) is 0 Å². The Bertz CT molecular complexity index is 1950. The maximum absolute atomic E-state index is 2.24. The predicted molar refractivity (Wildman–Crippen MR) is 197 cm³/mol. The van der Waals surface area contributed by atoms with Gasteiger partial charge in [-0.25, -0.2) is 18.3 Å². The van der Waals surface area contributed by atoms with E-state index in [-0.39, 0.29) is 0 Å². The number of rotatable bonds is 10. The molecule has 4 heterocycles. The van der Waals surface area contributed by atoms with E-state index in [4.69, 9.17) is 0 Å². The smallest absolute Gasteiger partial charge is 0.173 e. The second-order valence-electron chi connectivity index (χ2n) is 12.7. The Kier molecular flexibility index (Phi) is 9.33. The highest BCUT2D eigenvalue weighted by atomic mass is 14.9. The number of hydrogen-bond donors (Lipinski definition) is 0. The lowest BCUT2D eigenvalue weighted by Crippen LogP contribution is -2.35. The molecule has 0 fully saturated rings. The molecule has 48 heavy (non-hydrogen) atoms. The van der Waals surface area contributed by atoms with Crippen LogP contribution in [0.3, 0.4) is 0 Å². The van der Waals surface area contributed by atoms with Crippen LogP contribution in [0.4, 0.5) is 0 Å². The highest BCUT2D eigenvalue weighted by molar-refractivity contribution is 6.33. The molecule has 0 amide bonds. The van der Waals surface area contributed by atoms with Gasteiger partial charge in [-0.15, -0.1) is 0 Å². The molecule has 0 aliphatic rings. The van der Waals surface area contributed by atoms with Gasteiger partial charge in [0.15, 0.2) is 75.8 Å². The maximum atomic E-state index is 2.24. The molecule has 0 aliphatic heterocycles. The summed E-state index contributed by atoms with van der Waals surface area (Å²) < 4.78 is 8.94. The molecule has 0 aliphatic carbocycles. The SMILES string of the molecule is Bc1ccccc1C[n+]1ccc(-c2cc[n+](Cc3ccc(C[n+]4ccc(-c5cc[n+](Cc6ccccc6B)cc5)cc4)cc3)cc2)cc1. The Morgan fingerprint density at radius 3 is 0.875 bits per heavy atom. The van der Waals surface area contributed by atoms with Crippen LogP contribution in [0.25, 0.3) is 22.3 Å². The third-order valence-electron chi connectivity index (χ3n) is 9.21. The topological polar surface area (TPSA) is 15.5 Å². The molecular formula is C42H40B2N4+4. The van der Waals surface area contributed by atoms with Gasteiger partial charge in [-0.2, -0.15) is 0 Å². The van der Waals surface area contributed by atoms with Gasteiger partial charge in [-0.05, 0) is 22.3 Å². The van der Waals surface area contributed by atoms with Crippen molar-refractivity contribution in [2.45, 2.75) is 26.2 Å². The highest BCUT2D eigenvalue weighted by Crippen LogP contribution is 2.17. The molecular weight excluding hydrogens is 582 g/mol. The molecule has 3 aromatic carbocycles. The Morgan fingerprint density at radius 1 is 0.312 bits per heavy atom. The van der Waals surface area contributed by atoms with Crippen molar-refractivity contribution in [3.05, 3.63) is 193 Å². The van der Waals surface area contributed by atoms with Crippen molar-refractivity contribution in [1.29, 1.82) is 0 Å². The molecule has 0 radical (unpaired) electrons. The van der Waals surface area contributed by atoms with E-state index in [1.807, 2.05) is 0 Å². The average molecular weight is 622 g/mol. The lowest BCUT2D eigenvalue weighted by molar-refractivity contribution is -0.688. The van der Waals surface area contributed by atoms with Crippen LogP contribution in [0.1, 0.15) is 22.3 Å². The van der Waals surface area contributed by atoms with E-state index in [9.17, 15) is 0 Å². The van der Waals surface area contributed by atoms with Crippen LogP contribution < -0.4 is 29.2 Å². The van der Waals surface area contributed by atoms with Crippen LogP contribution in [0.5, 0.6) is 0 Å². The van der Waals surface area contributed by atoms with Crippen LogP contribution in [0.2, 0.25) is 0 Å². The lowest BCUT2D eigenvalue weighted by Gasteiger charge is -2.05. The summed E-state index contributed by atoms with van der Waals surface area (Å²) in [7, 11) is 4.34. The molecule has 0 spiro atoms. The van der Waals surface area contributed by atoms with Crippen molar-refractivity contribution in [2.24, 2.45) is 0 Å². The average Bonchev–Trinajstić information content (AvgIpc) is 3.13. The van der Waals surface area contributed by atoms with E-state index in [2.05, 4.69) is 205 Å². The van der Waals surface area contributed by atoms with Crippen LogP contribution in [0.15, 0.2) is 171 Å². The Balaban J connectivity index is 0.921. The van der Waals surface area contributed by atoms with E-state index < -0.39 is 0 Å². The fourth-order valence-corrected chi connectivity index (χ4v) is 6.16. The van der Waals surface area contributed by atoms with Crippen molar-refractivity contribution >= 4 is 26.6 Å². The molecule has 0 unspecified atom stereocenters. The summed E-state index contributed by atoms with van der Waals surface area (Å²) in [6, 6.07) is 43.7. The van der Waals surface area contributed by atoms with Crippen LogP contribution >= 0.6 is 0 Å². The monoisotopic (exact) mass is 622 g/mol. The van der Waals surface area contributed by atoms with E-state index >= 15 is 0 Å². The summed E-state index contributed by atoms with van der Waals surface area (Å²) >= 11 is 0. The second kappa shape index (κ2) is 14.4. The molecule has 230 valence electrons. The first-order valence-electron chi connectivity index (χ1n) is 16.7. The first-order valence-corrected chi connectivity index (χ1v) is 16.7. The fourth-order valence-electron chi connectivity index (χ4n) is 6.16. The number of nitrogens with zero attached hydrogens (tertiary/aromatic N) is 4. The minimum atomic E-state index is 0.843. The van der Waals surface area contributed by atoms with E-state index in [1.54, 1.807) is 0 Å². The van der Waals surface area contributed by atoms with Gasteiger partial charge >= 0.3 is 0 Å². The molecule has 0 atom stereocenters. The first kappa shape index (κ1) is 31.0. The molecule has 0 saturated carbocycles. The zero-order valence-electron chi connectivity index (χ0n) is 27.8. The van der Waals surface area contributed by atoms with Crippen molar-refractivity contribution in [1.82, 2.24) is 0 Å². The van der Waals surface area contributed by atoms with E-state index in [1.165, 1.54) is 55.4 Å². The lowest BCUT2D eigenvalue weighted by atomic mass is 9.90. The summed E-state index contributed by atoms with van der Waals surface area (Å²) in [4.78, 5) is 0. The van der Waals surface area contributed by atoms with E-state index in [0.29, 0.717) is 0 Å². The molecule has 0 bridgehead atoms. The standard InChI is InChI=1S/C42H40B2N4/c43-41-7-3-1-5-39(41)31-47-25-17-37(18-26-47)35-13-21-45(22-14-35)29-33-9-11-34(12-10-33)30-46-23-15-36(16-24-46)38-19-27-48(28-20-38)32-40-6-2-4-8-42(40)44/h1-28H,29-32,43-44H2/q+4. The van der Waals surface area contributed by atoms with Crippen molar-refractivity contribution in [3.8, 4) is 22.3 Å². The first-order chi connectivity index (χ1) is 23.6. The van der Waals surface area contributed by atoms with E-state index in [0.717, 1.165) is 26.2 Å². The fraction of sp³-hybridized carbons (Fsp3) is 0.0952. The quantitative estimate of drug-likeness (QED) is 0.165. The predicted octanol–water partition coefficient (Wildman–Crippen LogP) is 2.88. The molecule has 0 N–H and O–H groups in total. The van der Waals surface area contributed by atoms with Crippen LogP contribution in [0, 0.1) is 0 Å². The van der Waals surface area contributed by atoms with Gasteiger partial charge < -0.3 is 0 Å². The Morgan fingerprint density at radius 2 is 0.583 bits per heavy atom. The normalized spacial score (nSPS) is 11.0. The molecule has 4 nitrogen and oxygen atoms in total. The Hall–Kier alpha value is -5.61. The second-order valence-corrected chi connectivity index (χ2v) is 12.7. The molecule has 6 heteroatoms. The molecule has 4 aromatic heterocycles. The third-order valence-corrected chi connectivity index (χ3v) is 9.21. The zero-order chi connectivity index (χ0) is 32.7. The summed E-state index contributed by atoms with van der Waals surface area (Å²) in [5.41, 5.74) is 12.8. The minimum absolute atomic E-state index is 0.843. The maximum Gasteiger partial charge on any atom is 0.173 e. The van der Waals surface area contributed by atoms with Gasteiger partial charge in [0.2, 0.25) is 0 Å². The molecule has 7 rings (SSSR count).